The van der Waals surface area contributed by atoms with Gasteiger partial charge in [0.1, 0.15) is 48.0 Å². The number of unbranched alkanes of at least 4 members (excludes halogenated alkanes) is 1. The Hall–Kier alpha value is -6.38. The molecule has 436 valence electrons. The third-order valence-electron chi connectivity index (χ3n) is 11.4. The van der Waals surface area contributed by atoms with E-state index in [9.17, 15) is 76.8 Å². The summed E-state index contributed by atoms with van der Waals surface area (Å²) in [4.78, 5) is 140. The van der Waals surface area contributed by atoms with Crippen molar-refractivity contribution in [3.05, 3.63) is 48.0 Å². The van der Waals surface area contributed by atoms with Crippen molar-refractivity contribution < 1.29 is 81.3 Å². The third kappa shape index (κ3) is 26.8. The molecule has 0 saturated heterocycles. The minimum Gasteiger partial charge on any atom is -0.508 e. The Morgan fingerprint density at radius 2 is 1.14 bits per heavy atom. The Labute approximate surface area is 459 Å². The fraction of sp³-hybridized carbons (Fsp3) is 0.596. The van der Waals surface area contributed by atoms with Gasteiger partial charge in [0.15, 0.2) is 0 Å². The number of aliphatic hydroxyl groups excluding tert-OH is 1. The molecular formula is C47H73N11O17S3. The van der Waals surface area contributed by atoms with E-state index in [1.54, 1.807) is 20.1 Å². The van der Waals surface area contributed by atoms with Crippen LogP contribution in [0.4, 0.5) is 0 Å². The average molecular weight is 1160 g/mol. The number of hydrogen-bond donors (Lipinski definition) is 15. The number of imidazole rings is 1. The van der Waals surface area contributed by atoms with Gasteiger partial charge in [0, 0.05) is 43.3 Å². The zero-order valence-corrected chi connectivity index (χ0v) is 45.9. The van der Waals surface area contributed by atoms with Crippen molar-refractivity contribution >= 4 is 92.0 Å². The van der Waals surface area contributed by atoms with E-state index >= 15 is 0 Å². The minimum absolute atomic E-state index is 0.0950. The second kappa shape index (κ2) is 35.2. The maximum atomic E-state index is 14.4. The van der Waals surface area contributed by atoms with Gasteiger partial charge in [-0.25, -0.2) is 4.98 Å². The number of hydrogen-bond acceptors (Lipinski definition) is 19. The largest absolute Gasteiger partial charge is 0.508 e. The highest BCUT2D eigenvalue weighted by atomic mass is 32.2. The highest BCUT2D eigenvalue weighted by Gasteiger charge is 2.35. The van der Waals surface area contributed by atoms with Crippen LogP contribution in [-0.2, 0) is 70.9 Å². The molecule has 0 saturated carbocycles. The molecule has 0 spiro atoms. The molecule has 0 radical (unpaired) electrons. The summed E-state index contributed by atoms with van der Waals surface area (Å²) >= 11 is 1.90. The minimum atomic E-state index is -4.43. The molecule has 0 aliphatic carbocycles. The van der Waals surface area contributed by atoms with Crippen molar-refractivity contribution in [1.29, 1.82) is 0 Å². The summed E-state index contributed by atoms with van der Waals surface area (Å²) in [6.45, 7) is 2.56. The van der Waals surface area contributed by atoms with E-state index in [4.69, 9.17) is 16.0 Å². The molecule has 1 aromatic heterocycles. The van der Waals surface area contributed by atoms with Gasteiger partial charge in [0.25, 0.3) is 10.1 Å². The zero-order chi connectivity index (χ0) is 58.5. The van der Waals surface area contributed by atoms with Crippen LogP contribution in [0.5, 0.6) is 5.75 Å². The van der Waals surface area contributed by atoms with Crippen molar-refractivity contribution in [3.8, 4) is 5.75 Å². The van der Waals surface area contributed by atoms with Gasteiger partial charge in [-0.15, -0.1) is 0 Å². The lowest BCUT2D eigenvalue weighted by Gasteiger charge is -2.28. The third-order valence-corrected chi connectivity index (χ3v) is 14.0. The van der Waals surface area contributed by atoms with E-state index in [1.165, 1.54) is 48.6 Å². The summed E-state index contributed by atoms with van der Waals surface area (Å²) in [6.07, 6.45) is 2.37. The van der Waals surface area contributed by atoms with Gasteiger partial charge in [-0.2, -0.15) is 20.2 Å². The smallest absolute Gasteiger partial charge is 0.303 e. The quantitative estimate of drug-likeness (QED) is 0.0242. The van der Waals surface area contributed by atoms with Gasteiger partial charge < -0.3 is 74.1 Å². The lowest BCUT2D eigenvalue weighted by atomic mass is 9.99. The molecule has 31 heteroatoms. The maximum Gasteiger partial charge on any atom is 0.303 e. The highest BCUT2D eigenvalue weighted by Crippen LogP contribution is 2.15. The molecule has 0 bridgehead atoms. The van der Waals surface area contributed by atoms with E-state index in [2.05, 4.69) is 47.2 Å². The molecule has 7 amide bonds. The molecule has 0 unspecified atom stereocenters. The fourth-order valence-electron chi connectivity index (χ4n) is 7.26. The maximum absolute atomic E-state index is 14.4. The van der Waals surface area contributed by atoms with Crippen LogP contribution in [0.2, 0.25) is 0 Å². The van der Waals surface area contributed by atoms with Crippen molar-refractivity contribution in [2.45, 2.75) is 133 Å². The number of nitrogens with zero attached hydrogens (tertiary/aromatic N) is 1. The van der Waals surface area contributed by atoms with E-state index in [-0.39, 0.29) is 62.5 Å². The number of aromatic amines is 1. The number of aromatic nitrogens is 2. The van der Waals surface area contributed by atoms with Crippen LogP contribution >= 0.6 is 23.5 Å². The first kappa shape index (κ1) is 67.7. The van der Waals surface area contributed by atoms with Crippen molar-refractivity contribution in [1.82, 2.24) is 47.2 Å². The molecule has 0 fully saturated rings. The molecule has 28 nitrogen and oxygen atoms in total. The number of aliphatic hydroxyl groups is 1. The first-order chi connectivity index (χ1) is 36.8. The molecule has 1 heterocycles. The number of aliphatic carboxylic acids is 2. The number of nitrogens with two attached hydrogens (primary N) is 2. The topological polar surface area (TPSA) is 471 Å². The Morgan fingerprint density at radius 3 is 1.64 bits per heavy atom. The monoisotopic (exact) mass is 1160 g/mol. The van der Waals surface area contributed by atoms with Crippen LogP contribution in [-0.4, -0.2) is 187 Å². The Bertz CT molecular complexity index is 2420. The molecule has 8 atom stereocenters. The van der Waals surface area contributed by atoms with Crippen LogP contribution < -0.4 is 48.7 Å². The van der Waals surface area contributed by atoms with Gasteiger partial charge in [0.05, 0.1) is 24.7 Å². The van der Waals surface area contributed by atoms with Crippen LogP contribution in [0.1, 0.15) is 82.9 Å². The Balaban J connectivity index is 2.47. The van der Waals surface area contributed by atoms with E-state index in [0.29, 0.717) is 35.2 Å². The number of carboxylic acid groups (broad SMARTS) is 2. The lowest BCUT2D eigenvalue weighted by Crippen LogP contribution is -2.61. The van der Waals surface area contributed by atoms with Crippen molar-refractivity contribution in [2.24, 2.45) is 17.4 Å². The number of aromatic hydroxyl groups is 1. The predicted molar refractivity (Wildman–Crippen MR) is 286 cm³/mol. The number of carbonyl (C=O) groups excluding carboxylic acids is 8. The second-order valence-electron chi connectivity index (χ2n) is 18.4. The zero-order valence-electron chi connectivity index (χ0n) is 43.4. The highest BCUT2D eigenvalue weighted by molar-refractivity contribution is 8.14. The standard InChI is InChI=1S/C47H73N11O17S3/c1-26(2)20-34(55-43(68)33(12-14-39(63)64)54-42(67)32(11-13-38(61)62)52-40(65)30(49)15-17-76-3)44(69)56-35(21-27-7-9-29(60)10-8-27)45(70)53-31(6-4-5-16-48)41(66)58-37(24-59)46(71)57-36(22-28-23-50-25-51-28)47(72)77-18-19-78(73,74)75/h7-10,23,25-26,30-37,59-60H,4-6,11-22,24,48-49H2,1-3H3,(H,50,51)(H,52,65)(H,53,70)(H,54,67)(H,55,68)(H,56,69)(H,57,71)(H,58,66)(H,61,62)(H,63,64)(H,73,74,75)/t30-,31-,32-,33-,34-,35-,36-,37-/m0/s1. The molecule has 2 aromatic rings. The number of carboxylic acids is 2. The summed E-state index contributed by atoms with van der Waals surface area (Å²) in [7, 11) is -4.43. The molecule has 0 aliphatic heterocycles. The SMILES string of the molecule is CSCC[C@H](N)C(=O)N[C@@H](CCC(=O)O)C(=O)N[C@@H](CCC(=O)O)C(=O)N[C@@H](CC(C)C)C(=O)N[C@@H](Cc1ccc(O)cc1)C(=O)N[C@@H](CCCCN)C(=O)N[C@@H](CO)C(=O)N[C@@H](Cc1cnc[nH]1)C(=O)SCCS(=O)(=O)O. The average Bonchev–Trinajstić information content (AvgIpc) is 3.89. The number of phenols is 1. The number of nitrogens with one attached hydrogen (secondary N) is 8. The van der Waals surface area contributed by atoms with Crippen molar-refractivity contribution in [3.63, 3.8) is 0 Å². The van der Waals surface area contributed by atoms with Crippen LogP contribution in [0.25, 0.3) is 0 Å². The Morgan fingerprint density at radius 1 is 0.654 bits per heavy atom. The summed E-state index contributed by atoms with van der Waals surface area (Å²) in [5.41, 5.74) is 12.4. The van der Waals surface area contributed by atoms with Gasteiger partial charge >= 0.3 is 11.9 Å². The van der Waals surface area contributed by atoms with Gasteiger partial charge in [-0.3, -0.25) is 52.5 Å². The van der Waals surface area contributed by atoms with E-state index in [0.717, 1.165) is 0 Å². The molecular weight excluding hydrogens is 1090 g/mol. The molecule has 0 aliphatic rings. The number of phenolic OH excluding ortho intramolecular Hbond substituents is 1. The summed E-state index contributed by atoms with van der Waals surface area (Å²) in [6, 6.07) is -6.35. The molecule has 17 N–H and O–H groups in total. The number of amides is 7. The number of thioether (sulfide) groups is 2. The van der Waals surface area contributed by atoms with Crippen LogP contribution in [0.15, 0.2) is 36.8 Å². The molecule has 2 rings (SSSR count). The van der Waals surface area contributed by atoms with Gasteiger partial charge in [-0.05, 0) is 87.1 Å². The van der Waals surface area contributed by atoms with E-state index in [1.807, 2.05) is 0 Å². The summed E-state index contributed by atoms with van der Waals surface area (Å²) in [5.74, 6) is -10.7. The molecule has 78 heavy (non-hydrogen) atoms. The number of H-pyrrole nitrogens is 1. The number of rotatable bonds is 38. The van der Waals surface area contributed by atoms with Crippen LogP contribution in [0.3, 0.4) is 0 Å². The number of benzene rings is 1. The summed E-state index contributed by atoms with van der Waals surface area (Å²) < 4.78 is 31.6. The second-order valence-corrected chi connectivity index (χ2v) is 22.0. The predicted octanol–water partition coefficient (Wildman–Crippen LogP) is -2.58. The van der Waals surface area contributed by atoms with Crippen molar-refractivity contribution in [2.75, 3.05) is 36.7 Å². The first-order valence-electron chi connectivity index (χ1n) is 24.8. The number of carbonyl (C=O) groups is 10. The fourth-order valence-corrected chi connectivity index (χ4v) is 9.47. The van der Waals surface area contributed by atoms with Gasteiger partial charge in [-0.1, -0.05) is 37.7 Å². The lowest BCUT2D eigenvalue weighted by molar-refractivity contribution is -0.140. The normalized spacial score (nSPS) is 14.5. The first-order valence-corrected chi connectivity index (χ1v) is 28.7. The van der Waals surface area contributed by atoms with Crippen LogP contribution in [0, 0.1) is 5.92 Å². The summed E-state index contributed by atoms with van der Waals surface area (Å²) in [5, 5.41) is 55.7. The molecule has 1 aromatic carbocycles. The van der Waals surface area contributed by atoms with Gasteiger partial charge in [0.2, 0.25) is 46.5 Å². The Kier molecular flexibility index (Phi) is 30.6. The van der Waals surface area contributed by atoms with E-state index < -0.39 is 155 Å².